The van der Waals surface area contributed by atoms with Crippen molar-refractivity contribution in [2.75, 3.05) is 51.6 Å². The molecule has 0 aliphatic carbocycles. The molecule has 5 heteroatoms. The van der Waals surface area contributed by atoms with E-state index < -0.39 is 0 Å². The number of benzene rings is 1. The molecular weight excluding hydrogens is 302 g/mol. The largest absolute Gasteiger partial charge is 0.315 e. The van der Waals surface area contributed by atoms with E-state index in [1.807, 2.05) is 11.8 Å². The predicted molar refractivity (Wildman–Crippen MR) is 93.7 cm³/mol. The van der Waals surface area contributed by atoms with Gasteiger partial charge in [0.15, 0.2) is 0 Å². The maximum absolute atomic E-state index is 3.47. The molecule has 1 aromatic carbocycles. The highest BCUT2D eigenvalue weighted by Gasteiger charge is 2.25. The first-order chi connectivity index (χ1) is 9.92. The van der Waals surface area contributed by atoms with Crippen molar-refractivity contribution in [3.63, 3.8) is 0 Å². The van der Waals surface area contributed by atoms with Gasteiger partial charge in [0, 0.05) is 56.0 Å². The Hall–Kier alpha value is -0.260. The van der Waals surface area contributed by atoms with E-state index >= 15 is 0 Å². The minimum absolute atomic E-state index is 0. The predicted octanol–water partition coefficient (Wildman–Crippen LogP) is 2.18. The number of rotatable bonds is 5. The Morgan fingerprint density at radius 1 is 1.10 bits per heavy atom. The Morgan fingerprint density at radius 2 is 1.86 bits per heavy atom. The molecule has 0 radical (unpaired) electrons. The summed E-state index contributed by atoms with van der Waals surface area (Å²) >= 11 is 1.97. The molecule has 0 amide bonds. The van der Waals surface area contributed by atoms with Crippen LogP contribution in [-0.2, 0) is 0 Å². The summed E-state index contributed by atoms with van der Waals surface area (Å²) in [6, 6.07) is 11.5. The van der Waals surface area contributed by atoms with Crippen LogP contribution in [0.5, 0.6) is 0 Å². The molecule has 1 atom stereocenters. The zero-order valence-electron chi connectivity index (χ0n) is 12.5. The number of hydrogen-bond acceptors (Lipinski definition) is 4. The number of thioether (sulfide) groups is 1. The number of nitrogens with zero attached hydrogens (tertiary/aromatic N) is 2. The first-order valence-corrected chi connectivity index (χ1v) is 8.75. The van der Waals surface area contributed by atoms with Gasteiger partial charge in [0.1, 0.15) is 0 Å². The molecule has 21 heavy (non-hydrogen) atoms. The third-order valence-corrected chi connectivity index (χ3v) is 5.37. The normalized spacial score (nSPS) is 23.9. The van der Waals surface area contributed by atoms with Crippen LogP contribution < -0.4 is 5.32 Å². The van der Waals surface area contributed by atoms with Crippen molar-refractivity contribution in [1.82, 2.24) is 15.1 Å². The van der Waals surface area contributed by atoms with E-state index in [1.165, 1.54) is 62.9 Å². The van der Waals surface area contributed by atoms with E-state index in [1.54, 1.807) is 0 Å². The van der Waals surface area contributed by atoms with Gasteiger partial charge in [-0.15, -0.1) is 24.2 Å². The van der Waals surface area contributed by atoms with E-state index in [4.69, 9.17) is 0 Å². The van der Waals surface area contributed by atoms with E-state index in [9.17, 15) is 0 Å². The Bertz CT molecular complexity index is 390. The van der Waals surface area contributed by atoms with Crippen LogP contribution in [0.3, 0.4) is 0 Å². The monoisotopic (exact) mass is 327 g/mol. The second-order valence-corrected chi connectivity index (χ2v) is 6.85. The number of hydrogen-bond donors (Lipinski definition) is 1. The van der Waals surface area contributed by atoms with Crippen LogP contribution in [0.2, 0.25) is 0 Å². The van der Waals surface area contributed by atoms with Gasteiger partial charge < -0.3 is 5.32 Å². The van der Waals surface area contributed by atoms with E-state index in [0.29, 0.717) is 0 Å². The highest BCUT2D eigenvalue weighted by atomic mass is 35.5. The summed E-state index contributed by atoms with van der Waals surface area (Å²) in [5.74, 6) is 1.20. The third-order valence-electron chi connectivity index (χ3n) is 4.38. The number of halogens is 1. The van der Waals surface area contributed by atoms with Crippen LogP contribution in [0.25, 0.3) is 0 Å². The molecule has 2 saturated heterocycles. The Labute approximate surface area is 138 Å². The Balaban J connectivity index is 0.00000161. The van der Waals surface area contributed by atoms with Crippen molar-refractivity contribution in [2.45, 2.75) is 17.4 Å². The lowest BCUT2D eigenvalue weighted by Gasteiger charge is -2.37. The fourth-order valence-corrected chi connectivity index (χ4v) is 4.05. The molecule has 0 saturated carbocycles. The zero-order chi connectivity index (χ0) is 13.6. The summed E-state index contributed by atoms with van der Waals surface area (Å²) in [6.07, 6.45) is 1.34. The van der Waals surface area contributed by atoms with Crippen molar-refractivity contribution in [2.24, 2.45) is 0 Å². The summed E-state index contributed by atoms with van der Waals surface area (Å²) in [7, 11) is 0. The molecule has 1 N–H and O–H groups in total. The molecule has 2 fully saturated rings. The molecule has 0 bridgehead atoms. The lowest BCUT2D eigenvalue weighted by Crippen LogP contribution is -2.51. The van der Waals surface area contributed by atoms with Crippen molar-refractivity contribution in [3.05, 3.63) is 30.3 Å². The highest BCUT2D eigenvalue weighted by Crippen LogP contribution is 2.17. The fraction of sp³-hybridized carbons (Fsp3) is 0.625. The second kappa shape index (κ2) is 9.01. The molecule has 3 nitrogen and oxygen atoms in total. The van der Waals surface area contributed by atoms with Gasteiger partial charge >= 0.3 is 0 Å². The molecule has 2 aliphatic heterocycles. The molecule has 1 aromatic rings. The SMILES string of the molecule is Cl.c1ccc(SCCN2CCN(C3CCNC3)CC2)cc1. The molecule has 3 rings (SSSR count). The van der Waals surface area contributed by atoms with Crippen molar-refractivity contribution in [3.8, 4) is 0 Å². The average molecular weight is 328 g/mol. The number of piperazine rings is 1. The summed E-state index contributed by atoms with van der Waals surface area (Å²) in [5, 5.41) is 3.47. The van der Waals surface area contributed by atoms with Gasteiger partial charge in [-0.25, -0.2) is 0 Å². The van der Waals surface area contributed by atoms with Crippen LogP contribution in [0.1, 0.15) is 6.42 Å². The molecule has 2 heterocycles. The zero-order valence-corrected chi connectivity index (χ0v) is 14.2. The van der Waals surface area contributed by atoms with Gasteiger partial charge in [-0.2, -0.15) is 0 Å². The van der Waals surface area contributed by atoms with Crippen LogP contribution in [0.4, 0.5) is 0 Å². The second-order valence-electron chi connectivity index (χ2n) is 5.69. The maximum Gasteiger partial charge on any atom is 0.0233 e. The summed E-state index contributed by atoms with van der Waals surface area (Å²) in [6.45, 7) is 8.61. The summed E-state index contributed by atoms with van der Waals surface area (Å²) < 4.78 is 0. The van der Waals surface area contributed by atoms with Crippen molar-refractivity contribution < 1.29 is 0 Å². The van der Waals surface area contributed by atoms with Crippen LogP contribution in [-0.4, -0.2) is 67.4 Å². The maximum atomic E-state index is 3.47. The molecule has 0 aromatic heterocycles. The first kappa shape index (κ1) is 17.1. The van der Waals surface area contributed by atoms with Gasteiger partial charge in [0.05, 0.1) is 0 Å². The molecule has 2 aliphatic rings. The molecular formula is C16H26ClN3S. The van der Waals surface area contributed by atoms with Crippen LogP contribution in [0.15, 0.2) is 35.2 Å². The highest BCUT2D eigenvalue weighted by molar-refractivity contribution is 7.99. The summed E-state index contributed by atoms with van der Waals surface area (Å²) in [5.41, 5.74) is 0. The molecule has 118 valence electrons. The number of nitrogens with one attached hydrogen (secondary N) is 1. The quantitative estimate of drug-likeness (QED) is 0.835. The molecule has 1 unspecified atom stereocenters. The van der Waals surface area contributed by atoms with E-state index in [2.05, 4.69) is 45.4 Å². The van der Waals surface area contributed by atoms with E-state index in [-0.39, 0.29) is 12.4 Å². The fourth-order valence-electron chi connectivity index (χ4n) is 3.11. The first-order valence-electron chi connectivity index (χ1n) is 7.77. The van der Waals surface area contributed by atoms with Gasteiger partial charge in [0.2, 0.25) is 0 Å². The molecule has 0 spiro atoms. The van der Waals surface area contributed by atoms with E-state index in [0.717, 1.165) is 6.04 Å². The minimum atomic E-state index is 0. The van der Waals surface area contributed by atoms with Gasteiger partial charge in [-0.1, -0.05) is 18.2 Å². The van der Waals surface area contributed by atoms with Crippen molar-refractivity contribution in [1.29, 1.82) is 0 Å². The standard InChI is InChI=1S/C16H25N3S.ClH/c1-2-4-16(5-3-1)20-13-12-18-8-10-19(11-9-18)15-6-7-17-14-15;/h1-5,15,17H,6-14H2;1H. The van der Waals surface area contributed by atoms with Gasteiger partial charge in [-0.3, -0.25) is 9.80 Å². The lowest BCUT2D eigenvalue weighted by atomic mass is 10.2. The smallest absolute Gasteiger partial charge is 0.0233 e. The van der Waals surface area contributed by atoms with Crippen molar-refractivity contribution >= 4 is 24.2 Å². The topological polar surface area (TPSA) is 18.5 Å². The minimum Gasteiger partial charge on any atom is -0.315 e. The van der Waals surface area contributed by atoms with Crippen LogP contribution in [0, 0.1) is 0 Å². The average Bonchev–Trinajstić information content (AvgIpc) is 3.03. The van der Waals surface area contributed by atoms with Crippen LogP contribution >= 0.6 is 24.2 Å². The lowest BCUT2D eigenvalue weighted by molar-refractivity contribution is 0.107. The third kappa shape index (κ3) is 5.15. The van der Waals surface area contributed by atoms with Gasteiger partial charge in [0.25, 0.3) is 0 Å². The van der Waals surface area contributed by atoms with Gasteiger partial charge in [-0.05, 0) is 25.1 Å². The Morgan fingerprint density at radius 3 is 2.52 bits per heavy atom. The Kier molecular flexibility index (Phi) is 7.34. The summed E-state index contributed by atoms with van der Waals surface area (Å²) in [4.78, 5) is 6.69.